The third kappa shape index (κ3) is 2.61. The molecule has 108 valence electrons. The number of hydrogen-bond donors (Lipinski definition) is 2. The van der Waals surface area contributed by atoms with Crippen molar-refractivity contribution in [2.75, 3.05) is 0 Å². The number of carbonyl (C=O) groups is 1. The Balaban J connectivity index is 2.38. The summed E-state index contributed by atoms with van der Waals surface area (Å²) >= 11 is 0. The number of hydrazone groups is 1. The van der Waals surface area contributed by atoms with Gasteiger partial charge in [-0.15, -0.1) is 5.10 Å². The SMILES string of the molecule is CCc1c(C)[nH]c(C=C2C(=O)NN=C2OC(C)C)c1C. The van der Waals surface area contributed by atoms with E-state index < -0.39 is 0 Å². The van der Waals surface area contributed by atoms with E-state index in [-0.39, 0.29) is 12.0 Å². The number of nitrogens with zero attached hydrogens (tertiary/aromatic N) is 1. The van der Waals surface area contributed by atoms with Crippen molar-refractivity contribution >= 4 is 17.9 Å². The van der Waals surface area contributed by atoms with Gasteiger partial charge in [0.25, 0.3) is 5.91 Å². The number of aryl methyl sites for hydroxylation is 1. The summed E-state index contributed by atoms with van der Waals surface area (Å²) in [6.07, 6.45) is 2.75. The molecule has 1 aromatic heterocycles. The number of amides is 1. The van der Waals surface area contributed by atoms with Crippen molar-refractivity contribution in [3.8, 4) is 0 Å². The third-order valence-corrected chi connectivity index (χ3v) is 3.36. The first-order valence-corrected chi connectivity index (χ1v) is 6.88. The molecule has 1 aliphatic heterocycles. The van der Waals surface area contributed by atoms with Gasteiger partial charge in [0.05, 0.1) is 6.10 Å². The second-order valence-corrected chi connectivity index (χ2v) is 5.20. The summed E-state index contributed by atoms with van der Waals surface area (Å²) in [4.78, 5) is 15.2. The smallest absolute Gasteiger partial charge is 0.277 e. The fourth-order valence-electron chi connectivity index (χ4n) is 2.39. The van der Waals surface area contributed by atoms with Gasteiger partial charge in [-0.3, -0.25) is 4.79 Å². The van der Waals surface area contributed by atoms with Crippen molar-refractivity contribution in [1.29, 1.82) is 0 Å². The number of aromatic nitrogens is 1. The molecule has 0 spiro atoms. The van der Waals surface area contributed by atoms with E-state index in [2.05, 4.69) is 29.4 Å². The van der Waals surface area contributed by atoms with Gasteiger partial charge in [-0.2, -0.15) is 0 Å². The predicted octanol–water partition coefficient (Wildman–Crippen LogP) is 2.45. The number of ether oxygens (including phenoxy) is 1. The molecule has 1 amide bonds. The average molecular weight is 275 g/mol. The molecule has 20 heavy (non-hydrogen) atoms. The summed E-state index contributed by atoms with van der Waals surface area (Å²) in [6, 6.07) is 0. The molecule has 5 heteroatoms. The van der Waals surface area contributed by atoms with Crippen LogP contribution in [0.4, 0.5) is 0 Å². The van der Waals surface area contributed by atoms with E-state index in [1.807, 2.05) is 26.8 Å². The minimum Gasteiger partial charge on any atom is -0.473 e. The lowest BCUT2D eigenvalue weighted by Crippen LogP contribution is -2.16. The standard InChI is InChI=1S/C15H21N3O2/c1-6-11-9(4)13(16-10(11)5)7-12-14(19)17-18-15(12)20-8(2)3/h7-8,16H,6H2,1-5H3,(H,17,19). The van der Waals surface area contributed by atoms with Crippen LogP contribution in [0.25, 0.3) is 6.08 Å². The molecule has 5 nitrogen and oxygen atoms in total. The van der Waals surface area contributed by atoms with Gasteiger partial charge < -0.3 is 9.72 Å². The lowest BCUT2D eigenvalue weighted by Gasteiger charge is -2.08. The first kappa shape index (κ1) is 14.4. The van der Waals surface area contributed by atoms with Crippen LogP contribution in [0.2, 0.25) is 0 Å². The van der Waals surface area contributed by atoms with E-state index in [0.29, 0.717) is 11.5 Å². The maximum absolute atomic E-state index is 11.9. The molecule has 0 aliphatic carbocycles. The number of nitrogens with one attached hydrogen (secondary N) is 2. The van der Waals surface area contributed by atoms with Crippen LogP contribution in [-0.4, -0.2) is 22.9 Å². The molecule has 2 heterocycles. The molecule has 2 N–H and O–H groups in total. The zero-order chi connectivity index (χ0) is 14.9. The summed E-state index contributed by atoms with van der Waals surface area (Å²) in [6.45, 7) is 10.0. The minimum atomic E-state index is -0.231. The van der Waals surface area contributed by atoms with Crippen LogP contribution >= 0.6 is 0 Å². The van der Waals surface area contributed by atoms with Crippen LogP contribution in [0.3, 0.4) is 0 Å². The van der Waals surface area contributed by atoms with Crippen molar-refractivity contribution in [3.05, 3.63) is 28.1 Å². The predicted molar refractivity (Wildman–Crippen MR) is 79.4 cm³/mol. The molecule has 1 aliphatic rings. The van der Waals surface area contributed by atoms with E-state index >= 15 is 0 Å². The summed E-state index contributed by atoms with van der Waals surface area (Å²) in [5, 5.41) is 3.93. The van der Waals surface area contributed by atoms with Crippen LogP contribution in [0.1, 0.15) is 43.3 Å². The Hall–Kier alpha value is -2.04. The zero-order valence-electron chi connectivity index (χ0n) is 12.6. The van der Waals surface area contributed by atoms with Gasteiger partial charge in [-0.1, -0.05) is 6.92 Å². The fraction of sp³-hybridized carbons (Fsp3) is 0.467. The fourth-order valence-corrected chi connectivity index (χ4v) is 2.39. The highest BCUT2D eigenvalue weighted by Gasteiger charge is 2.25. The monoisotopic (exact) mass is 275 g/mol. The first-order valence-electron chi connectivity index (χ1n) is 6.88. The van der Waals surface area contributed by atoms with Gasteiger partial charge in [0.2, 0.25) is 5.90 Å². The molecule has 0 aromatic carbocycles. The lowest BCUT2D eigenvalue weighted by molar-refractivity contribution is -0.116. The second kappa shape index (κ2) is 5.53. The molecule has 0 saturated heterocycles. The van der Waals surface area contributed by atoms with E-state index in [4.69, 9.17) is 4.74 Å². The topological polar surface area (TPSA) is 66.5 Å². The van der Waals surface area contributed by atoms with E-state index in [0.717, 1.165) is 17.8 Å². The Morgan fingerprint density at radius 3 is 2.60 bits per heavy atom. The first-order chi connectivity index (χ1) is 9.43. The summed E-state index contributed by atoms with van der Waals surface area (Å²) < 4.78 is 5.55. The Labute approximate surface area is 119 Å². The molecule has 0 bridgehead atoms. The Kier molecular flexibility index (Phi) is 3.97. The van der Waals surface area contributed by atoms with E-state index in [9.17, 15) is 4.79 Å². The van der Waals surface area contributed by atoms with Crippen molar-refractivity contribution in [3.63, 3.8) is 0 Å². The average Bonchev–Trinajstić information content (AvgIpc) is 2.83. The molecule has 0 unspecified atom stereocenters. The number of H-pyrrole nitrogens is 1. The number of hydrogen-bond acceptors (Lipinski definition) is 3. The molecule has 0 radical (unpaired) electrons. The van der Waals surface area contributed by atoms with Crippen LogP contribution in [0.15, 0.2) is 10.7 Å². The van der Waals surface area contributed by atoms with Gasteiger partial charge in [-0.25, -0.2) is 5.43 Å². The van der Waals surface area contributed by atoms with Crippen molar-refractivity contribution < 1.29 is 9.53 Å². The number of carbonyl (C=O) groups excluding carboxylic acids is 1. The minimum absolute atomic E-state index is 0.0254. The van der Waals surface area contributed by atoms with Crippen LogP contribution in [-0.2, 0) is 16.0 Å². The molecule has 0 atom stereocenters. The molecule has 0 saturated carbocycles. The Bertz CT molecular complexity index is 595. The van der Waals surface area contributed by atoms with Crippen molar-refractivity contribution in [2.24, 2.45) is 5.10 Å². The van der Waals surface area contributed by atoms with Crippen molar-refractivity contribution in [2.45, 2.75) is 47.1 Å². The van der Waals surface area contributed by atoms with Crippen molar-refractivity contribution in [1.82, 2.24) is 10.4 Å². The molecule has 0 fully saturated rings. The third-order valence-electron chi connectivity index (χ3n) is 3.36. The van der Waals surface area contributed by atoms with Crippen LogP contribution in [0.5, 0.6) is 0 Å². The Morgan fingerprint density at radius 1 is 1.35 bits per heavy atom. The highest BCUT2D eigenvalue weighted by atomic mass is 16.5. The summed E-state index contributed by atoms with van der Waals surface area (Å²) in [7, 11) is 0. The lowest BCUT2D eigenvalue weighted by atomic mass is 10.1. The molecular weight excluding hydrogens is 254 g/mol. The maximum atomic E-state index is 11.9. The van der Waals surface area contributed by atoms with Gasteiger partial charge in [0.1, 0.15) is 5.57 Å². The molecular formula is C15H21N3O2. The van der Waals surface area contributed by atoms with Crippen LogP contribution in [0, 0.1) is 13.8 Å². The van der Waals surface area contributed by atoms with Gasteiger partial charge in [-0.05, 0) is 51.3 Å². The number of aromatic amines is 1. The second-order valence-electron chi connectivity index (χ2n) is 5.20. The highest BCUT2D eigenvalue weighted by molar-refractivity contribution is 6.24. The molecule has 1 aromatic rings. The molecule has 2 rings (SSSR count). The number of rotatable bonds is 3. The van der Waals surface area contributed by atoms with Gasteiger partial charge in [0.15, 0.2) is 0 Å². The zero-order valence-corrected chi connectivity index (χ0v) is 12.6. The van der Waals surface area contributed by atoms with Crippen LogP contribution < -0.4 is 5.43 Å². The quantitative estimate of drug-likeness (QED) is 0.832. The van der Waals surface area contributed by atoms with E-state index in [1.54, 1.807) is 0 Å². The largest absolute Gasteiger partial charge is 0.473 e. The van der Waals surface area contributed by atoms with Gasteiger partial charge >= 0.3 is 0 Å². The van der Waals surface area contributed by atoms with Gasteiger partial charge in [0, 0.05) is 11.4 Å². The maximum Gasteiger partial charge on any atom is 0.277 e. The van der Waals surface area contributed by atoms with E-state index in [1.165, 1.54) is 11.1 Å². The normalized spacial score (nSPS) is 16.8. The highest BCUT2D eigenvalue weighted by Crippen LogP contribution is 2.22. The summed E-state index contributed by atoms with van der Waals surface area (Å²) in [5.74, 6) is 0.125. The summed E-state index contributed by atoms with van der Waals surface area (Å²) in [5.41, 5.74) is 7.44. The Morgan fingerprint density at radius 2 is 2.05 bits per heavy atom.